The van der Waals surface area contributed by atoms with Crippen molar-refractivity contribution in [1.82, 2.24) is 20.2 Å². The molecule has 1 unspecified atom stereocenters. The zero-order valence-corrected chi connectivity index (χ0v) is 15.9. The van der Waals surface area contributed by atoms with E-state index < -0.39 is 0 Å². The number of carbonyl (C=O) groups is 2. The molecule has 1 aliphatic carbocycles. The maximum atomic E-state index is 12.9. The summed E-state index contributed by atoms with van der Waals surface area (Å²) in [5, 5.41) is 4.97. The third-order valence-corrected chi connectivity index (χ3v) is 6.05. The average Bonchev–Trinajstić information content (AvgIpc) is 3.21. The van der Waals surface area contributed by atoms with Crippen molar-refractivity contribution >= 4 is 29.1 Å². The lowest BCUT2D eigenvalue weighted by Crippen LogP contribution is -2.49. The minimum atomic E-state index is -0.210. The molecule has 7 nitrogen and oxygen atoms in total. The van der Waals surface area contributed by atoms with Crippen molar-refractivity contribution in [2.75, 3.05) is 18.8 Å². The number of nitrogens with one attached hydrogen (secondary N) is 1. The van der Waals surface area contributed by atoms with Crippen molar-refractivity contribution < 1.29 is 9.59 Å². The monoisotopic (exact) mass is 385 g/mol. The molecule has 0 saturated carbocycles. The Morgan fingerprint density at radius 1 is 1.22 bits per heavy atom. The van der Waals surface area contributed by atoms with Gasteiger partial charge in [0.1, 0.15) is 5.69 Å². The van der Waals surface area contributed by atoms with Gasteiger partial charge in [0.15, 0.2) is 0 Å². The van der Waals surface area contributed by atoms with E-state index in [0.717, 1.165) is 61.2 Å². The van der Waals surface area contributed by atoms with Gasteiger partial charge in [0.2, 0.25) is 5.95 Å². The lowest BCUT2D eigenvalue weighted by atomic mass is 9.94. The highest BCUT2D eigenvalue weighted by molar-refractivity contribution is 7.12. The van der Waals surface area contributed by atoms with E-state index >= 15 is 0 Å². The molecule has 0 radical (unpaired) electrons. The smallest absolute Gasteiger partial charge is 0.270 e. The Balaban J connectivity index is 1.47. The summed E-state index contributed by atoms with van der Waals surface area (Å²) in [5.74, 6) is -0.0239. The average molecular weight is 385 g/mol. The maximum absolute atomic E-state index is 12.9. The van der Waals surface area contributed by atoms with Crippen molar-refractivity contribution in [1.29, 1.82) is 0 Å². The van der Waals surface area contributed by atoms with Crippen molar-refractivity contribution in [3.05, 3.63) is 39.3 Å². The van der Waals surface area contributed by atoms with Gasteiger partial charge in [0.25, 0.3) is 11.8 Å². The zero-order valence-electron chi connectivity index (χ0n) is 15.1. The maximum Gasteiger partial charge on any atom is 0.270 e. The number of piperidine rings is 1. The highest BCUT2D eigenvalue weighted by atomic mass is 32.1. The Morgan fingerprint density at radius 3 is 2.89 bits per heavy atom. The minimum absolute atomic E-state index is 0.0348. The number of rotatable bonds is 3. The fourth-order valence-corrected chi connectivity index (χ4v) is 4.58. The summed E-state index contributed by atoms with van der Waals surface area (Å²) < 4.78 is 0. The van der Waals surface area contributed by atoms with Crippen LogP contribution in [0.3, 0.4) is 0 Å². The lowest BCUT2D eigenvalue weighted by Gasteiger charge is -2.33. The number of anilines is 1. The van der Waals surface area contributed by atoms with Crippen LogP contribution >= 0.6 is 11.3 Å². The molecular formula is C19H23N5O2S. The van der Waals surface area contributed by atoms with Crippen LogP contribution < -0.4 is 11.1 Å². The van der Waals surface area contributed by atoms with Crippen LogP contribution in [0.25, 0.3) is 0 Å². The number of fused-ring (bicyclic) bond motifs is 1. The van der Waals surface area contributed by atoms with E-state index in [1.165, 1.54) is 11.3 Å². The summed E-state index contributed by atoms with van der Waals surface area (Å²) in [6, 6.07) is 3.64. The first-order valence-corrected chi connectivity index (χ1v) is 10.3. The minimum Gasteiger partial charge on any atom is -0.368 e. The largest absolute Gasteiger partial charge is 0.368 e. The summed E-state index contributed by atoms with van der Waals surface area (Å²) in [4.78, 5) is 36.6. The molecule has 142 valence electrons. The molecule has 2 aliphatic rings. The third-order valence-electron chi connectivity index (χ3n) is 5.19. The van der Waals surface area contributed by atoms with Crippen LogP contribution in [0, 0.1) is 0 Å². The third kappa shape index (κ3) is 3.80. The molecule has 2 aromatic rings. The van der Waals surface area contributed by atoms with Gasteiger partial charge in [-0.15, -0.1) is 11.3 Å². The topological polar surface area (TPSA) is 101 Å². The molecule has 0 spiro atoms. The molecule has 1 fully saturated rings. The van der Waals surface area contributed by atoms with E-state index in [2.05, 4.69) is 15.3 Å². The first kappa shape index (κ1) is 17.9. The Labute approximate surface area is 162 Å². The number of amides is 2. The van der Waals surface area contributed by atoms with E-state index in [1.807, 2.05) is 22.4 Å². The van der Waals surface area contributed by atoms with Crippen LogP contribution in [0.15, 0.2) is 17.5 Å². The Kier molecular flexibility index (Phi) is 5.07. The van der Waals surface area contributed by atoms with Gasteiger partial charge in [-0.3, -0.25) is 9.59 Å². The number of nitrogen functional groups attached to an aromatic ring is 1. The van der Waals surface area contributed by atoms with E-state index in [4.69, 9.17) is 5.73 Å². The van der Waals surface area contributed by atoms with Gasteiger partial charge >= 0.3 is 0 Å². The summed E-state index contributed by atoms with van der Waals surface area (Å²) in [6.45, 7) is 1.24. The van der Waals surface area contributed by atoms with E-state index in [9.17, 15) is 9.59 Å². The van der Waals surface area contributed by atoms with Crippen molar-refractivity contribution in [2.24, 2.45) is 0 Å². The summed E-state index contributed by atoms with van der Waals surface area (Å²) in [5.41, 5.74) is 8.04. The van der Waals surface area contributed by atoms with Crippen LogP contribution in [0.1, 0.15) is 57.1 Å². The molecule has 1 aliphatic heterocycles. The molecule has 3 heterocycles. The molecular weight excluding hydrogens is 362 g/mol. The van der Waals surface area contributed by atoms with Gasteiger partial charge in [-0.25, -0.2) is 9.97 Å². The number of hydrogen-bond donors (Lipinski definition) is 2. The van der Waals surface area contributed by atoms with Gasteiger partial charge in [-0.2, -0.15) is 0 Å². The highest BCUT2D eigenvalue weighted by Gasteiger charge is 2.28. The molecule has 3 N–H and O–H groups in total. The Morgan fingerprint density at radius 2 is 2.07 bits per heavy atom. The molecule has 0 bridgehead atoms. The number of nitrogens with two attached hydrogens (primary N) is 1. The van der Waals surface area contributed by atoms with Crippen molar-refractivity contribution in [3.8, 4) is 0 Å². The van der Waals surface area contributed by atoms with Crippen LogP contribution in [0.2, 0.25) is 0 Å². The fraction of sp³-hybridized carbons (Fsp3) is 0.474. The summed E-state index contributed by atoms with van der Waals surface area (Å²) >= 11 is 1.44. The number of aromatic nitrogens is 2. The van der Waals surface area contributed by atoms with E-state index in [0.29, 0.717) is 12.2 Å². The standard InChI is InChI=1S/C19H23N5O2S/c20-19-22-14-7-2-1-6-13(14)16(23-19)17(25)21-12-5-3-9-24(11-12)18(26)15-8-4-10-27-15/h4,8,10,12H,1-3,5-7,9,11H2,(H,21,25)(H2,20,22,23). The number of hydrogen-bond acceptors (Lipinski definition) is 6. The van der Waals surface area contributed by atoms with Crippen LogP contribution in [-0.4, -0.2) is 45.8 Å². The first-order valence-electron chi connectivity index (χ1n) is 9.40. The molecule has 0 aromatic carbocycles. The molecule has 27 heavy (non-hydrogen) atoms. The molecule has 1 atom stereocenters. The van der Waals surface area contributed by atoms with Crippen LogP contribution in [-0.2, 0) is 12.8 Å². The number of thiophene rings is 1. The van der Waals surface area contributed by atoms with E-state index in [1.54, 1.807) is 0 Å². The highest BCUT2D eigenvalue weighted by Crippen LogP contribution is 2.23. The summed E-state index contributed by atoms with van der Waals surface area (Å²) in [6.07, 6.45) is 5.47. The van der Waals surface area contributed by atoms with Crippen LogP contribution in [0.5, 0.6) is 0 Å². The van der Waals surface area contributed by atoms with Gasteiger partial charge in [0, 0.05) is 30.4 Å². The zero-order chi connectivity index (χ0) is 18.8. The fourth-order valence-electron chi connectivity index (χ4n) is 3.89. The second kappa shape index (κ2) is 7.64. The van der Waals surface area contributed by atoms with Gasteiger partial charge < -0.3 is 16.0 Å². The molecule has 8 heteroatoms. The number of aryl methyl sites for hydroxylation is 1. The molecule has 4 rings (SSSR count). The predicted octanol–water partition coefficient (Wildman–Crippen LogP) is 2.03. The quantitative estimate of drug-likeness (QED) is 0.842. The SMILES string of the molecule is Nc1nc2c(c(C(=O)NC3CCCN(C(=O)c4cccs4)C3)n1)CCCC2. The van der Waals surface area contributed by atoms with Gasteiger partial charge in [0.05, 0.1) is 4.88 Å². The van der Waals surface area contributed by atoms with Gasteiger partial charge in [-0.1, -0.05) is 6.07 Å². The Bertz CT molecular complexity index is 852. The van der Waals surface area contributed by atoms with E-state index in [-0.39, 0.29) is 23.8 Å². The van der Waals surface area contributed by atoms with Gasteiger partial charge in [-0.05, 0) is 50.0 Å². The molecule has 1 saturated heterocycles. The normalized spacial score (nSPS) is 19.4. The second-order valence-corrected chi connectivity index (χ2v) is 8.05. The van der Waals surface area contributed by atoms with Crippen molar-refractivity contribution in [2.45, 2.75) is 44.6 Å². The summed E-state index contributed by atoms with van der Waals surface area (Å²) in [7, 11) is 0. The number of carbonyl (C=O) groups excluding carboxylic acids is 2. The first-order chi connectivity index (χ1) is 13.1. The molecule has 2 aromatic heterocycles. The van der Waals surface area contributed by atoms with Crippen molar-refractivity contribution in [3.63, 3.8) is 0 Å². The number of likely N-dealkylation sites (tertiary alicyclic amines) is 1. The van der Waals surface area contributed by atoms with Crippen LogP contribution in [0.4, 0.5) is 5.95 Å². The lowest BCUT2D eigenvalue weighted by molar-refractivity contribution is 0.0679. The number of nitrogens with zero attached hydrogens (tertiary/aromatic N) is 3. The second-order valence-electron chi connectivity index (χ2n) is 7.10. The molecule has 2 amide bonds. The predicted molar refractivity (Wildman–Crippen MR) is 104 cm³/mol. The Hall–Kier alpha value is -2.48.